The molecule has 1 heterocycles. The van der Waals surface area contributed by atoms with Crippen molar-refractivity contribution in [3.8, 4) is 0 Å². The monoisotopic (exact) mass is 351 g/mol. The second-order valence-electron chi connectivity index (χ2n) is 5.40. The first-order valence-corrected chi connectivity index (χ1v) is 7.69. The van der Waals surface area contributed by atoms with Crippen LogP contribution in [0.15, 0.2) is 24.4 Å². The van der Waals surface area contributed by atoms with E-state index in [1.165, 1.54) is 12.3 Å². The molecule has 0 bridgehead atoms. The van der Waals surface area contributed by atoms with Crippen molar-refractivity contribution in [1.29, 1.82) is 0 Å². The molecule has 1 aliphatic carbocycles. The van der Waals surface area contributed by atoms with Crippen molar-refractivity contribution >= 4 is 51.6 Å². The second-order valence-corrected chi connectivity index (χ2v) is 6.25. The van der Waals surface area contributed by atoms with E-state index in [-0.39, 0.29) is 28.9 Å². The highest BCUT2D eigenvalue weighted by Crippen LogP contribution is 2.41. The van der Waals surface area contributed by atoms with Gasteiger partial charge in [-0.3, -0.25) is 19.4 Å². The summed E-state index contributed by atoms with van der Waals surface area (Å²) in [7, 11) is 0. The lowest BCUT2D eigenvalue weighted by atomic mass is 9.67. The van der Waals surface area contributed by atoms with Crippen molar-refractivity contribution in [1.82, 2.24) is 4.98 Å². The summed E-state index contributed by atoms with van der Waals surface area (Å²) in [5, 5.41) is 10.7. The Labute approximate surface area is 141 Å². The number of hydrogen-bond acceptors (Lipinski definition) is 4. The Morgan fingerprint density at radius 2 is 1.83 bits per heavy atom. The molecule has 5 nitrogen and oxygen atoms in total. The summed E-state index contributed by atoms with van der Waals surface area (Å²) >= 11 is 12.1. The van der Waals surface area contributed by atoms with Crippen LogP contribution in [-0.2, 0) is 19.8 Å². The fourth-order valence-electron chi connectivity index (χ4n) is 3.07. The predicted molar refractivity (Wildman–Crippen MR) is 84.9 cm³/mol. The average molecular weight is 352 g/mol. The van der Waals surface area contributed by atoms with Crippen molar-refractivity contribution in [3.63, 3.8) is 0 Å². The molecule has 1 aromatic carbocycles. The number of aromatic nitrogens is 1. The second kappa shape index (κ2) is 5.58. The Hall–Kier alpha value is -1.98. The molecule has 2 aromatic rings. The van der Waals surface area contributed by atoms with E-state index in [0.717, 1.165) is 0 Å². The van der Waals surface area contributed by atoms with Crippen molar-refractivity contribution in [2.45, 2.75) is 24.7 Å². The Morgan fingerprint density at radius 3 is 2.43 bits per heavy atom. The number of halogens is 2. The van der Waals surface area contributed by atoms with E-state index in [1.807, 2.05) is 0 Å². The fourth-order valence-corrected chi connectivity index (χ4v) is 3.53. The number of aliphatic carboxylic acids is 1. The van der Waals surface area contributed by atoms with Crippen LogP contribution in [0.2, 0.25) is 10.0 Å². The highest BCUT2D eigenvalue weighted by Gasteiger charge is 2.57. The van der Waals surface area contributed by atoms with Crippen LogP contribution < -0.4 is 0 Å². The van der Waals surface area contributed by atoms with Crippen LogP contribution in [0.25, 0.3) is 10.9 Å². The van der Waals surface area contributed by atoms with E-state index in [2.05, 4.69) is 4.98 Å². The molecule has 0 amide bonds. The molecule has 0 radical (unpaired) electrons. The normalized spacial score (nSPS) is 17.5. The van der Waals surface area contributed by atoms with Crippen LogP contribution in [-0.4, -0.2) is 27.6 Å². The van der Waals surface area contributed by atoms with E-state index in [0.29, 0.717) is 16.8 Å². The predicted octanol–water partition coefficient (Wildman–Crippen LogP) is 3.19. The maximum absolute atomic E-state index is 12.5. The maximum atomic E-state index is 12.5. The van der Waals surface area contributed by atoms with Gasteiger partial charge in [0.05, 0.1) is 10.5 Å². The topological polar surface area (TPSA) is 84.3 Å². The SMILES string of the molecule is O=C(O)C1(c2c(Cl)ccc3cc(Cl)cnc23)C(=O)CCCC1=O. The van der Waals surface area contributed by atoms with Crippen LogP contribution >= 0.6 is 23.2 Å². The number of carbonyl (C=O) groups is 3. The molecule has 1 saturated carbocycles. The number of rotatable bonds is 2. The van der Waals surface area contributed by atoms with Crippen LogP contribution in [0.3, 0.4) is 0 Å². The number of pyridine rings is 1. The summed E-state index contributed by atoms with van der Waals surface area (Å²) in [4.78, 5) is 41.2. The molecule has 1 N–H and O–H groups in total. The van der Waals surface area contributed by atoms with Crippen LogP contribution in [0.4, 0.5) is 0 Å². The van der Waals surface area contributed by atoms with Gasteiger partial charge in [0.2, 0.25) is 5.41 Å². The highest BCUT2D eigenvalue weighted by atomic mass is 35.5. The van der Waals surface area contributed by atoms with Gasteiger partial charge in [-0.1, -0.05) is 29.3 Å². The molecule has 7 heteroatoms. The van der Waals surface area contributed by atoms with Crippen molar-refractivity contribution in [3.05, 3.63) is 40.0 Å². The van der Waals surface area contributed by atoms with E-state index in [4.69, 9.17) is 23.2 Å². The molecule has 1 fully saturated rings. The first kappa shape index (κ1) is 15.9. The Balaban J connectivity index is 2.44. The molecule has 0 unspecified atom stereocenters. The molecule has 0 atom stereocenters. The van der Waals surface area contributed by atoms with Crippen LogP contribution in [0.1, 0.15) is 24.8 Å². The number of nitrogens with zero attached hydrogens (tertiary/aromatic N) is 1. The minimum atomic E-state index is -2.30. The number of carboxylic acid groups (broad SMARTS) is 1. The van der Waals surface area contributed by atoms with Crippen molar-refractivity contribution in [2.75, 3.05) is 0 Å². The molecular formula is C16H11Cl2NO4. The van der Waals surface area contributed by atoms with E-state index in [1.54, 1.807) is 12.1 Å². The first-order valence-electron chi connectivity index (χ1n) is 6.93. The first-order chi connectivity index (χ1) is 10.9. The smallest absolute Gasteiger partial charge is 0.329 e. The van der Waals surface area contributed by atoms with E-state index in [9.17, 15) is 19.5 Å². The van der Waals surface area contributed by atoms with Crippen molar-refractivity contribution in [2.24, 2.45) is 0 Å². The summed E-state index contributed by atoms with van der Waals surface area (Å²) in [5.41, 5.74) is -2.15. The lowest BCUT2D eigenvalue weighted by molar-refractivity contribution is -0.155. The number of carbonyl (C=O) groups excluding carboxylic acids is 2. The molecular weight excluding hydrogens is 341 g/mol. The van der Waals surface area contributed by atoms with E-state index < -0.39 is 23.0 Å². The quantitative estimate of drug-likeness (QED) is 0.839. The van der Waals surface area contributed by atoms with Gasteiger partial charge in [0.15, 0.2) is 11.6 Å². The van der Waals surface area contributed by atoms with Gasteiger partial charge in [0.1, 0.15) is 0 Å². The third kappa shape index (κ3) is 2.23. The highest BCUT2D eigenvalue weighted by molar-refractivity contribution is 6.37. The number of Topliss-reactive ketones (excluding diaryl/α,β-unsaturated/α-hetero) is 2. The number of ketones is 2. The number of benzene rings is 1. The van der Waals surface area contributed by atoms with Crippen LogP contribution in [0, 0.1) is 0 Å². The maximum Gasteiger partial charge on any atom is 0.329 e. The molecule has 23 heavy (non-hydrogen) atoms. The van der Waals surface area contributed by atoms with Crippen LogP contribution in [0.5, 0.6) is 0 Å². The number of hydrogen-bond donors (Lipinski definition) is 1. The largest absolute Gasteiger partial charge is 0.480 e. The molecule has 1 aliphatic rings. The van der Waals surface area contributed by atoms with Gasteiger partial charge in [-0.05, 0) is 18.6 Å². The molecule has 0 spiro atoms. The summed E-state index contributed by atoms with van der Waals surface area (Å²) < 4.78 is 0. The number of fused-ring (bicyclic) bond motifs is 1. The lowest BCUT2D eigenvalue weighted by Crippen LogP contribution is -2.53. The summed E-state index contributed by atoms with van der Waals surface area (Å²) in [6, 6.07) is 4.65. The molecule has 3 rings (SSSR count). The third-order valence-electron chi connectivity index (χ3n) is 4.11. The van der Waals surface area contributed by atoms with Gasteiger partial charge in [0.25, 0.3) is 0 Å². The van der Waals surface area contributed by atoms with Gasteiger partial charge in [-0.15, -0.1) is 0 Å². The van der Waals surface area contributed by atoms with Gasteiger partial charge >= 0.3 is 5.97 Å². The van der Waals surface area contributed by atoms with Gasteiger partial charge < -0.3 is 5.11 Å². The molecule has 0 aliphatic heterocycles. The average Bonchev–Trinajstić information content (AvgIpc) is 2.49. The fraction of sp³-hybridized carbons (Fsp3) is 0.250. The molecule has 118 valence electrons. The van der Waals surface area contributed by atoms with Gasteiger partial charge in [-0.2, -0.15) is 0 Å². The van der Waals surface area contributed by atoms with E-state index >= 15 is 0 Å². The van der Waals surface area contributed by atoms with Gasteiger partial charge in [0, 0.05) is 35.0 Å². The Bertz CT molecular complexity index is 847. The zero-order valence-corrected chi connectivity index (χ0v) is 13.3. The minimum Gasteiger partial charge on any atom is -0.480 e. The summed E-state index contributed by atoms with van der Waals surface area (Å²) in [6.07, 6.45) is 1.70. The zero-order chi connectivity index (χ0) is 16.8. The zero-order valence-electron chi connectivity index (χ0n) is 11.8. The number of carboxylic acids is 1. The van der Waals surface area contributed by atoms with Gasteiger partial charge in [-0.25, -0.2) is 0 Å². The minimum absolute atomic E-state index is 0.0122. The summed E-state index contributed by atoms with van der Waals surface area (Å²) in [6.45, 7) is 0. The standard InChI is InChI=1S/C16H11Cl2NO4/c17-9-6-8-4-5-10(18)13(14(8)19-7-9)16(15(22)23)11(20)2-1-3-12(16)21/h4-7H,1-3H2,(H,22,23). The lowest BCUT2D eigenvalue weighted by Gasteiger charge is -2.31. The Kier molecular flexibility index (Phi) is 3.86. The summed E-state index contributed by atoms with van der Waals surface area (Å²) in [5.74, 6) is -2.84. The molecule has 1 aromatic heterocycles. The van der Waals surface area contributed by atoms with Crippen molar-refractivity contribution < 1.29 is 19.5 Å². The Morgan fingerprint density at radius 1 is 1.17 bits per heavy atom. The third-order valence-corrected chi connectivity index (χ3v) is 4.63. The molecule has 0 saturated heterocycles.